The van der Waals surface area contributed by atoms with E-state index in [1.807, 2.05) is 12.1 Å². The molecule has 0 radical (unpaired) electrons. The van der Waals surface area contributed by atoms with Crippen LogP contribution in [0.4, 0.5) is 11.4 Å². The molecule has 1 aliphatic rings. The summed E-state index contributed by atoms with van der Waals surface area (Å²) < 4.78 is 0. The number of likely N-dealkylation sites (N-methyl/N-ethyl adjacent to an activating group) is 1. The Morgan fingerprint density at radius 2 is 1.94 bits per heavy atom. The molecule has 3 N–H and O–H groups in total. The molecule has 5 heteroatoms. The van der Waals surface area contributed by atoms with Gasteiger partial charge in [-0.05, 0) is 25.2 Å². The van der Waals surface area contributed by atoms with E-state index in [1.165, 1.54) is 0 Å². The van der Waals surface area contributed by atoms with Crippen LogP contribution < -0.4 is 11.2 Å². The van der Waals surface area contributed by atoms with Gasteiger partial charge < -0.3 is 16.1 Å². The number of nitrogens with two attached hydrogens (primary N) is 1. The highest BCUT2D eigenvalue weighted by molar-refractivity contribution is 6.33. The van der Waals surface area contributed by atoms with E-state index in [4.69, 9.17) is 17.3 Å². The Bertz CT molecular complexity index is 361. The van der Waals surface area contributed by atoms with E-state index < -0.39 is 0 Å². The number of benzene rings is 1. The molecule has 1 aromatic rings. The molecular weight excluding hydrogens is 224 g/mol. The van der Waals surface area contributed by atoms with Crippen molar-refractivity contribution < 1.29 is 0 Å². The fourth-order valence-electron chi connectivity index (χ4n) is 1.71. The molecule has 4 nitrogen and oxygen atoms in total. The molecule has 0 atom stereocenters. The molecule has 1 aromatic carbocycles. The maximum absolute atomic E-state index is 6.10. The maximum Gasteiger partial charge on any atom is 0.0677 e. The molecular formula is C11H17ClN4. The molecule has 1 heterocycles. The normalized spacial score (nSPS) is 18.6. The van der Waals surface area contributed by atoms with E-state index in [1.54, 1.807) is 6.07 Å². The third kappa shape index (κ3) is 2.78. The molecule has 0 aromatic heterocycles. The first-order valence-electron chi connectivity index (χ1n) is 5.40. The molecule has 0 saturated carbocycles. The van der Waals surface area contributed by atoms with Gasteiger partial charge in [-0.15, -0.1) is 0 Å². The number of hydrogen-bond acceptors (Lipinski definition) is 4. The van der Waals surface area contributed by atoms with Crippen molar-refractivity contribution in [1.82, 2.24) is 9.91 Å². The van der Waals surface area contributed by atoms with Crippen LogP contribution in [0.15, 0.2) is 18.2 Å². The summed E-state index contributed by atoms with van der Waals surface area (Å²) in [5, 5.41) is 2.84. The Balaban J connectivity index is 1.98. The predicted molar refractivity (Wildman–Crippen MR) is 68.6 cm³/mol. The van der Waals surface area contributed by atoms with Crippen molar-refractivity contribution in [2.45, 2.75) is 0 Å². The third-order valence-electron chi connectivity index (χ3n) is 2.77. The Morgan fingerprint density at radius 1 is 1.25 bits per heavy atom. The van der Waals surface area contributed by atoms with Crippen LogP contribution >= 0.6 is 11.6 Å². The smallest absolute Gasteiger partial charge is 0.0677 e. The lowest BCUT2D eigenvalue weighted by Crippen LogP contribution is -2.46. The highest BCUT2D eigenvalue weighted by Crippen LogP contribution is 2.24. The number of hydrazine groups is 1. The van der Waals surface area contributed by atoms with Gasteiger partial charge in [0, 0.05) is 31.9 Å². The lowest BCUT2D eigenvalue weighted by molar-refractivity contribution is 0.179. The molecule has 88 valence electrons. The first-order valence-corrected chi connectivity index (χ1v) is 5.78. The van der Waals surface area contributed by atoms with Gasteiger partial charge in [0.2, 0.25) is 0 Å². The van der Waals surface area contributed by atoms with Gasteiger partial charge in [0.1, 0.15) is 0 Å². The largest absolute Gasteiger partial charge is 0.399 e. The van der Waals surface area contributed by atoms with Gasteiger partial charge in [-0.3, -0.25) is 0 Å². The van der Waals surface area contributed by atoms with Crippen LogP contribution in [0, 0.1) is 0 Å². The molecule has 0 spiro atoms. The van der Waals surface area contributed by atoms with Crippen molar-refractivity contribution in [1.29, 1.82) is 0 Å². The van der Waals surface area contributed by atoms with E-state index in [0.717, 1.165) is 31.9 Å². The zero-order valence-electron chi connectivity index (χ0n) is 9.41. The van der Waals surface area contributed by atoms with Crippen LogP contribution in [-0.2, 0) is 0 Å². The van der Waals surface area contributed by atoms with Gasteiger partial charge in [0.15, 0.2) is 0 Å². The number of rotatable bonds is 2. The van der Waals surface area contributed by atoms with E-state index in [0.29, 0.717) is 10.7 Å². The molecule has 16 heavy (non-hydrogen) atoms. The third-order valence-corrected chi connectivity index (χ3v) is 3.09. The molecule has 2 rings (SSSR count). The monoisotopic (exact) mass is 240 g/mol. The van der Waals surface area contributed by atoms with Crippen molar-refractivity contribution >= 4 is 23.0 Å². The first-order chi connectivity index (χ1) is 7.65. The van der Waals surface area contributed by atoms with E-state index in [2.05, 4.69) is 22.4 Å². The number of halogens is 1. The Kier molecular flexibility index (Phi) is 3.53. The number of nitrogen functional groups attached to an aromatic ring is 1. The lowest BCUT2D eigenvalue weighted by atomic mass is 10.3. The second kappa shape index (κ2) is 4.91. The molecule has 0 aliphatic carbocycles. The van der Waals surface area contributed by atoms with Crippen molar-refractivity contribution in [2.24, 2.45) is 0 Å². The summed E-state index contributed by atoms with van der Waals surface area (Å²) in [6.07, 6.45) is 0. The van der Waals surface area contributed by atoms with E-state index >= 15 is 0 Å². The average molecular weight is 241 g/mol. The topological polar surface area (TPSA) is 44.5 Å². The summed E-state index contributed by atoms with van der Waals surface area (Å²) in [5.41, 5.74) is 10.6. The molecule has 1 fully saturated rings. The standard InChI is InChI=1S/C11H17ClN4/c1-15-4-6-16(7-5-15)14-11-3-2-9(13)8-10(11)12/h2-3,8,14H,4-7,13H2,1H3. The second-order valence-corrected chi connectivity index (χ2v) is 4.55. The minimum absolute atomic E-state index is 0.666. The minimum Gasteiger partial charge on any atom is -0.399 e. The number of nitrogens with zero attached hydrogens (tertiary/aromatic N) is 2. The van der Waals surface area contributed by atoms with Crippen LogP contribution in [0.25, 0.3) is 0 Å². The Labute approximate surface area is 101 Å². The van der Waals surface area contributed by atoms with Crippen molar-refractivity contribution in [3.8, 4) is 0 Å². The highest BCUT2D eigenvalue weighted by Gasteiger charge is 2.14. The van der Waals surface area contributed by atoms with Crippen LogP contribution in [0.3, 0.4) is 0 Å². The van der Waals surface area contributed by atoms with Crippen molar-refractivity contribution in [3.05, 3.63) is 23.2 Å². The van der Waals surface area contributed by atoms with Crippen LogP contribution in [0.5, 0.6) is 0 Å². The minimum atomic E-state index is 0.666. The Hall–Kier alpha value is -0.970. The van der Waals surface area contributed by atoms with Crippen LogP contribution in [-0.4, -0.2) is 43.1 Å². The quantitative estimate of drug-likeness (QED) is 0.769. The summed E-state index contributed by atoms with van der Waals surface area (Å²) in [7, 11) is 2.13. The van der Waals surface area contributed by atoms with Gasteiger partial charge in [-0.1, -0.05) is 11.6 Å². The lowest BCUT2D eigenvalue weighted by Gasteiger charge is -2.33. The van der Waals surface area contributed by atoms with Gasteiger partial charge in [0.25, 0.3) is 0 Å². The van der Waals surface area contributed by atoms with Crippen molar-refractivity contribution in [2.75, 3.05) is 44.4 Å². The number of nitrogens with one attached hydrogen (secondary N) is 1. The summed E-state index contributed by atoms with van der Waals surface area (Å²) in [6, 6.07) is 5.53. The van der Waals surface area contributed by atoms with Crippen LogP contribution in [0.2, 0.25) is 5.02 Å². The second-order valence-electron chi connectivity index (χ2n) is 4.14. The van der Waals surface area contributed by atoms with Gasteiger partial charge in [-0.25, -0.2) is 5.01 Å². The molecule has 0 bridgehead atoms. The van der Waals surface area contributed by atoms with E-state index in [-0.39, 0.29) is 0 Å². The summed E-state index contributed by atoms with van der Waals surface area (Å²) >= 11 is 6.10. The summed E-state index contributed by atoms with van der Waals surface area (Å²) in [6.45, 7) is 4.13. The fraction of sp³-hybridized carbons (Fsp3) is 0.455. The average Bonchev–Trinajstić information content (AvgIpc) is 2.25. The maximum atomic E-state index is 6.10. The molecule has 0 amide bonds. The molecule has 1 aliphatic heterocycles. The van der Waals surface area contributed by atoms with E-state index in [9.17, 15) is 0 Å². The Morgan fingerprint density at radius 3 is 2.56 bits per heavy atom. The summed E-state index contributed by atoms with van der Waals surface area (Å²) in [4.78, 5) is 2.31. The number of anilines is 2. The highest BCUT2D eigenvalue weighted by atomic mass is 35.5. The van der Waals surface area contributed by atoms with Gasteiger partial charge in [0.05, 0.1) is 10.7 Å². The number of piperazine rings is 1. The summed E-state index contributed by atoms with van der Waals surface area (Å²) in [5.74, 6) is 0. The van der Waals surface area contributed by atoms with Gasteiger partial charge in [-0.2, -0.15) is 0 Å². The SMILES string of the molecule is CN1CCN(Nc2ccc(N)cc2Cl)CC1. The first kappa shape index (κ1) is 11.5. The molecule has 0 unspecified atom stereocenters. The zero-order chi connectivity index (χ0) is 11.5. The fourth-order valence-corrected chi connectivity index (χ4v) is 1.94. The van der Waals surface area contributed by atoms with Gasteiger partial charge >= 0.3 is 0 Å². The predicted octanol–water partition coefficient (Wildman–Crippen LogP) is 1.50. The van der Waals surface area contributed by atoms with Crippen molar-refractivity contribution in [3.63, 3.8) is 0 Å². The molecule has 1 saturated heterocycles. The number of hydrogen-bond donors (Lipinski definition) is 2. The zero-order valence-corrected chi connectivity index (χ0v) is 10.2. The van der Waals surface area contributed by atoms with Crippen LogP contribution in [0.1, 0.15) is 0 Å².